The van der Waals surface area contributed by atoms with Crippen molar-refractivity contribution in [3.05, 3.63) is 60.8 Å². The van der Waals surface area contributed by atoms with E-state index in [1.165, 1.54) is 128 Å². The average Bonchev–Trinajstić information content (AvgIpc) is 3.27. The van der Waals surface area contributed by atoms with E-state index in [0.29, 0.717) is 19.3 Å². The first-order valence-corrected chi connectivity index (χ1v) is 26.3. The van der Waals surface area contributed by atoms with E-state index in [4.69, 9.17) is 14.2 Å². The van der Waals surface area contributed by atoms with Gasteiger partial charge in [-0.1, -0.05) is 216 Å². The van der Waals surface area contributed by atoms with E-state index in [0.717, 1.165) is 89.9 Å². The fourth-order valence-corrected chi connectivity index (χ4v) is 7.31. The van der Waals surface area contributed by atoms with E-state index >= 15 is 0 Å². The fourth-order valence-electron chi connectivity index (χ4n) is 7.31. The molecule has 6 heteroatoms. The maximum atomic E-state index is 12.8. The highest BCUT2D eigenvalue weighted by atomic mass is 16.6. The van der Waals surface area contributed by atoms with Gasteiger partial charge in [-0.3, -0.25) is 14.4 Å². The summed E-state index contributed by atoms with van der Waals surface area (Å²) in [7, 11) is 0. The van der Waals surface area contributed by atoms with Gasteiger partial charge in [-0.25, -0.2) is 0 Å². The molecule has 0 aromatic heterocycles. The zero-order chi connectivity index (χ0) is 45.1. The molecule has 0 bridgehead atoms. The molecular weight excluding hydrogens is 769 g/mol. The van der Waals surface area contributed by atoms with Gasteiger partial charge in [0.05, 0.1) is 0 Å². The van der Waals surface area contributed by atoms with Crippen LogP contribution in [0.2, 0.25) is 0 Å². The monoisotopic (exact) mass is 867 g/mol. The highest BCUT2D eigenvalue weighted by Gasteiger charge is 2.19. The second kappa shape index (κ2) is 50.8. The van der Waals surface area contributed by atoms with Crippen molar-refractivity contribution in [1.29, 1.82) is 0 Å². The van der Waals surface area contributed by atoms with Gasteiger partial charge in [-0.05, 0) is 83.5 Å². The van der Waals surface area contributed by atoms with Gasteiger partial charge in [0.2, 0.25) is 0 Å². The SMILES string of the molecule is CC/C=C\C/C=C\C/C=C\C/C=C\CCCCCCCCC(=O)OCC(COC(=O)CCCCCCCCCCCC)OC(=O)CCCCCCCCC/C=C\CCCCCC. The lowest BCUT2D eigenvalue weighted by Gasteiger charge is -2.18. The van der Waals surface area contributed by atoms with Crippen molar-refractivity contribution in [3.8, 4) is 0 Å². The number of esters is 3. The molecular formula is C56H98O6. The lowest BCUT2D eigenvalue weighted by atomic mass is 10.1. The number of carbonyl (C=O) groups is 3. The van der Waals surface area contributed by atoms with Crippen LogP contribution in [0, 0.1) is 0 Å². The smallest absolute Gasteiger partial charge is 0.306 e. The molecule has 0 spiro atoms. The van der Waals surface area contributed by atoms with Crippen LogP contribution in [0.25, 0.3) is 0 Å². The molecule has 6 nitrogen and oxygen atoms in total. The minimum atomic E-state index is -0.779. The maximum absolute atomic E-state index is 12.8. The number of unbranched alkanes of at least 4 members (excludes halogenated alkanes) is 26. The predicted octanol–water partition coefficient (Wildman–Crippen LogP) is 17.3. The van der Waals surface area contributed by atoms with Crippen molar-refractivity contribution >= 4 is 17.9 Å². The Kier molecular flexibility index (Phi) is 48.4. The Morgan fingerprint density at radius 3 is 1.02 bits per heavy atom. The lowest BCUT2D eigenvalue weighted by molar-refractivity contribution is -0.167. The molecule has 0 heterocycles. The van der Waals surface area contributed by atoms with Crippen LogP contribution in [0.4, 0.5) is 0 Å². The number of allylic oxidation sites excluding steroid dienone is 10. The molecule has 0 rings (SSSR count). The van der Waals surface area contributed by atoms with Crippen molar-refractivity contribution in [2.75, 3.05) is 13.2 Å². The minimum absolute atomic E-state index is 0.0788. The second-order valence-electron chi connectivity index (χ2n) is 17.4. The van der Waals surface area contributed by atoms with Crippen molar-refractivity contribution < 1.29 is 28.6 Å². The molecule has 358 valence electrons. The topological polar surface area (TPSA) is 78.9 Å². The third-order valence-corrected chi connectivity index (χ3v) is 11.3. The van der Waals surface area contributed by atoms with E-state index in [-0.39, 0.29) is 31.1 Å². The van der Waals surface area contributed by atoms with Gasteiger partial charge in [0.1, 0.15) is 13.2 Å². The first-order chi connectivity index (χ1) is 30.5. The van der Waals surface area contributed by atoms with E-state index < -0.39 is 6.10 Å². The Bertz CT molecular complexity index is 1130. The Hall–Kier alpha value is -2.89. The highest BCUT2D eigenvalue weighted by Crippen LogP contribution is 2.15. The molecule has 0 saturated heterocycles. The molecule has 1 atom stereocenters. The van der Waals surface area contributed by atoms with E-state index in [1.807, 2.05) is 0 Å². The third kappa shape index (κ3) is 48.1. The molecule has 0 amide bonds. The number of ether oxygens (including phenoxy) is 3. The summed E-state index contributed by atoms with van der Waals surface area (Å²) in [5.74, 6) is -0.894. The van der Waals surface area contributed by atoms with E-state index in [2.05, 4.69) is 81.5 Å². The quantitative estimate of drug-likeness (QED) is 0.0262. The molecule has 62 heavy (non-hydrogen) atoms. The van der Waals surface area contributed by atoms with Crippen LogP contribution in [0.3, 0.4) is 0 Å². The van der Waals surface area contributed by atoms with Crippen LogP contribution in [-0.2, 0) is 28.6 Å². The Balaban J connectivity index is 4.35. The molecule has 0 fully saturated rings. The molecule has 0 radical (unpaired) electrons. The zero-order valence-corrected chi connectivity index (χ0v) is 40.9. The van der Waals surface area contributed by atoms with Crippen LogP contribution in [0.15, 0.2) is 60.8 Å². The van der Waals surface area contributed by atoms with Gasteiger partial charge in [0, 0.05) is 19.3 Å². The van der Waals surface area contributed by atoms with Gasteiger partial charge in [-0.15, -0.1) is 0 Å². The Labute approximate surface area is 383 Å². The predicted molar refractivity (Wildman–Crippen MR) is 265 cm³/mol. The van der Waals surface area contributed by atoms with Crippen molar-refractivity contribution in [2.24, 2.45) is 0 Å². The molecule has 0 aliphatic heterocycles. The first kappa shape index (κ1) is 59.1. The lowest BCUT2D eigenvalue weighted by Crippen LogP contribution is -2.30. The minimum Gasteiger partial charge on any atom is -0.462 e. The van der Waals surface area contributed by atoms with Crippen molar-refractivity contribution in [1.82, 2.24) is 0 Å². The molecule has 0 aromatic rings. The summed E-state index contributed by atoms with van der Waals surface area (Å²) in [6, 6.07) is 0. The number of rotatable bonds is 47. The Morgan fingerprint density at radius 1 is 0.339 bits per heavy atom. The number of carbonyl (C=O) groups excluding carboxylic acids is 3. The zero-order valence-electron chi connectivity index (χ0n) is 40.9. The largest absolute Gasteiger partial charge is 0.462 e. The molecule has 0 N–H and O–H groups in total. The molecule has 0 aliphatic carbocycles. The van der Waals surface area contributed by atoms with E-state index in [1.54, 1.807) is 0 Å². The summed E-state index contributed by atoms with van der Waals surface area (Å²) >= 11 is 0. The normalized spacial score (nSPS) is 12.5. The Morgan fingerprint density at radius 2 is 0.629 bits per heavy atom. The summed E-state index contributed by atoms with van der Waals surface area (Å²) < 4.78 is 16.8. The summed E-state index contributed by atoms with van der Waals surface area (Å²) in [6.45, 7) is 6.49. The molecule has 0 aromatic carbocycles. The molecule has 0 aliphatic rings. The number of hydrogen-bond acceptors (Lipinski definition) is 6. The fraction of sp³-hybridized carbons (Fsp3) is 0.768. The van der Waals surface area contributed by atoms with Gasteiger partial charge >= 0.3 is 17.9 Å². The van der Waals surface area contributed by atoms with Crippen LogP contribution in [0.5, 0.6) is 0 Å². The van der Waals surface area contributed by atoms with Crippen LogP contribution >= 0.6 is 0 Å². The van der Waals surface area contributed by atoms with E-state index in [9.17, 15) is 14.4 Å². The summed E-state index contributed by atoms with van der Waals surface area (Å²) in [4.78, 5) is 37.9. The van der Waals surface area contributed by atoms with Crippen LogP contribution < -0.4 is 0 Å². The maximum Gasteiger partial charge on any atom is 0.306 e. The summed E-state index contributed by atoms with van der Waals surface area (Å²) in [5.41, 5.74) is 0. The summed E-state index contributed by atoms with van der Waals surface area (Å²) in [6.07, 6.45) is 62.0. The second-order valence-corrected chi connectivity index (χ2v) is 17.4. The summed E-state index contributed by atoms with van der Waals surface area (Å²) in [5, 5.41) is 0. The van der Waals surface area contributed by atoms with Gasteiger partial charge in [0.25, 0.3) is 0 Å². The van der Waals surface area contributed by atoms with Gasteiger partial charge in [0.15, 0.2) is 6.10 Å². The van der Waals surface area contributed by atoms with Crippen LogP contribution in [-0.4, -0.2) is 37.2 Å². The number of hydrogen-bond donors (Lipinski definition) is 0. The first-order valence-electron chi connectivity index (χ1n) is 26.3. The van der Waals surface area contributed by atoms with Crippen molar-refractivity contribution in [3.63, 3.8) is 0 Å². The standard InChI is InChI=1S/C56H98O6/c1-4-7-10-13-16-19-22-24-26-27-28-29-31-32-34-37-40-43-46-49-55(58)61-52-53(51-60-54(57)48-45-42-39-36-21-18-15-12-9-6-3)62-56(59)50-47-44-41-38-35-33-30-25-23-20-17-14-11-8-5-2/h7,10,16,19-20,23-24,26,28-29,53H,4-6,8-9,11-15,17-18,21-22,25,27,30-52H2,1-3H3/b10-7-,19-16-,23-20-,26-24-,29-28-. The molecule has 0 saturated carbocycles. The van der Waals surface area contributed by atoms with Gasteiger partial charge in [-0.2, -0.15) is 0 Å². The van der Waals surface area contributed by atoms with Crippen molar-refractivity contribution in [2.45, 2.75) is 264 Å². The average molecular weight is 867 g/mol. The third-order valence-electron chi connectivity index (χ3n) is 11.3. The van der Waals surface area contributed by atoms with Crippen LogP contribution in [0.1, 0.15) is 258 Å². The van der Waals surface area contributed by atoms with Gasteiger partial charge < -0.3 is 14.2 Å². The highest BCUT2D eigenvalue weighted by molar-refractivity contribution is 5.71. The molecule has 1 unspecified atom stereocenters.